The zero-order valence-electron chi connectivity index (χ0n) is 9.29. The largest absolute Gasteiger partial charge is 0.497 e. The summed E-state index contributed by atoms with van der Waals surface area (Å²) in [5.41, 5.74) is 0.849. The average molecular weight is 215 g/mol. The number of rotatable bonds is 3. The van der Waals surface area contributed by atoms with Crippen molar-refractivity contribution in [1.82, 2.24) is 9.55 Å². The minimum Gasteiger partial charge on any atom is -0.497 e. The molecule has 0 spiro atoms. The first-order valence-corrected chi connectivity index (χ1v) is 4.95. The summed E-state index contributed by atoms with van der Waals surface area (Å²) in [4.78, 5) is 8.49. The summed E-state index contributed by atoms with van der Waals surface area (Å²) in [5, 5.41) is 0. The van der Waals surface area contributed by atoms with Gasteiger partial charge < -0.3 is 9.30 Å². The molecule has 0 fully saturated rings. The molecule has 2 aromatic rings. The van der Waals surface area contributed by atoms with E-state index >= 15 is 0 Å². The zero-order chi connectivity index (χ0) is 11.4. The molecule has 2 rings (SSSR count). The molecular weight excluding hydrogens is 202 g/mol. The van der Waals surface area contributed by atoms with E-state index in [1.165, 1.54) is 0 Å². The molecule has 0 aliphatic rings. The highest BCUT2D eigenvalue weighted by atomic mass is 16.5. The van der Waals surface area contributed by atoms with Crippen LogP contribution in [0, 0.1) is 0 Å². The first kappa shape index (κ1) is 10.4. The number of aromatic nitrogens is 2. The summed E-state index contributed by atoms with van der Waals surface area (Å²) in [6.07, 6.45) is 5.36. The van der Waals surface area contributed by atoms with Crippen molar-refractivity contribution in [1.29, 1.82) is 0 Å². The van der Waals surface area contributed by atoms with E-state index in [1.54, 1.807) is 19.5 Å². The third kappa shape index (κ3) is 2.28. The van der Waals surface area contributed by atoms with Gasteiger partial charge in [-0.3, -0.25) is 4.99 Å². The molecule has 1 aromatic carbocycles. The van der Waals surface area contributed by atoms with E-state index in [0.29, 0.717) is 0 Å². The van der Waals surface area contributed by atoms with Crippen molar-refractivity contribution >= 4 is 11.9 Å². The quantitative estimate of drug-likeness (QED) is 0.736. The second kappa shape index (κ2) is 4.61. The second-order valence-electron chi connectivity index (χ2n) is 3.36. The number of hydrogen-bond acceptors (Lipinski definition) is 3. The number of benzene rings is 1. The van der Waals surface area contributed by atoms with E-state index < -0.39 is 0 Å². The Bertz CT molecular complexity index is 502. The molecule has 0 N–H and O–H groups in total. The fourth-order valence-corrected chi connectivity index (χ4v) is 1.32. The van der Waals surface area contributed by atoms with Crippen LogP contribution in [0.3, 0.4) is 0 Å². The first-order chi connectivity index (χ1) is 7.79. The number of aryl methyl sites for hydroxylation is 1. The van der Waals surface area contributed by atoms with Gasteiger partial charge in [-0.15, -0.1) is 0 Å². The van der Waals surface area contributed by atoms with E-state index in [-0.39, 0.29) is 0 Å². The van der Waals surface area contributed by atoms with Crippen LogP contribution in [0.15, 0.2) is 41.7 Å². The highest BCUT2D eigenvalue weighted by Crippen LogP contribution is 2.19. The molecule has 1 heterocycles. The van der Waals surface area contributed by atoms with Crippen LogP contribution in [0.1, 0.15) is 5.82 Å². The highest BCUT2D eigenvalue weighted by molar-refractivity contribution is 5.77. The van der Waals surface area contributed by atoms with Gasteiger partial charge in [0.15, 0.2) is 5.82 Å². The van der Waals surface area contributed by atoms with E-state index in [0.717, 1.165) is 17.3 Å². The standard InChI is InChI=1S/C12H13N3O/c1-15-7-6-13-12(15)9-14-10-4-3-5-11(8-10)16-2/h3-9H,1-2H3. The maximum atomic E-state index is 5.12. The van der Waals surface area contributed by atoms with Crippen molar-refractivity contribution in [3.8, 4) is 5.75 Å². The molecule has 0 saturated carbocycles. The van der Waals surface area contributed by atoms with Crippen LogP contribution in [0.4, 0.5) is 5.69 Å². The number of aliphatic imine (C=N–C) groups is 1. The van der Waals surface area contributed by atoms with Crippen LogP contribution in [0.2, 0.25) is 0 Å². The minimum absolute atomic E-state index is 0.800. The van der Waals surface area contributed by atoms with Gasteiger partial charge in [-0.2, -0.15) is 0 Å². The normalized spacial score (nSPS) is 10.9. The van der Waals surface area contributed by atoms with Crippen molar-refractivity contribution < 1.29 is 4.74 Å². The van der Waals surface area contributed by atoms with E-state index in [2.05, 4.69) is 9.98 Å². The van der Waals surface area contributed by atoms with Gasteiger partial charge in [0.1, 0.15) is 5.75 Å². The molecular formula is C12H13N3O. The topological polar surface area (TPSA) is 39.4 Å². The first-order valence-electron chi connectivity index (χ1n) is 4.95. The molecule has 1 aromatic heterocycles. The number of imidazole rings is 1. The number of methoxy groups -OCH3 is 1. The number of ether oxygens (including phenoxy) is 1. The van der Waals surface area contributed by atoms with Crippen molar-refractivity contribution in [3.63, 3.8) is 0 Å². The van der Waals surface area contributed by atoms with E-state index in [4.69, 9.17) is 4.74 Å². The van der Waals surface area contributed by atoms with E-state index in [9.17, 15) is 0 Å². The number of hydrogen-bond donors (Lipinski definition) is 0. The van der Waals surface area contributed by atoms with Crippen LogP contribution < -0.4 is 4.74 Å². The Morgan fingerprint density at radius 3 is 3.00 bits per heavy atom. The van der Waals surface area contributed by atoms with Crippen molar-refractivity contribution in [2.75, 3.05) is 7.11 Å². The lowest BCUT2D eigenvalue weighted by atomic mass is 10.3. The summed E-state index contributed by atoms with van der Waals surface area (Å²) >= 11 is 0. The molecule has 0 saturated heterocycles. The van der Waals surface area contributed by atoms with Gasteiger partial charge in [0.25, 0.3) is 0 Å². The molecule has 0 aliphatic carbocycles. The molecule has 16 heavy (non-hydrogen) atoms. The lowest BCUT2D eigenvalue weighted by Crippen LogP contribution is -1.94. The van der Waals surface area contributed by atoms with Gasteiger partial charge in [0.2, 0.25) is 0 Å². The molecule has 4 heteroatoms. The summed E-state index contributed by atoms with van der Waals surface area (Å²) in [6, 6.07) is 7.59. The summed E-state index contributed by atoms with van der Waals surface area (Å²) in [7, 11) is 3.57. The smallest absolute Gasteiger partial charge is 0.150 e. The average Bonchev–Trinajstić information content (AvgIpc) is 2.72. The Morgan fingerprint density at radius 1 is 1.44 bits per heavy atom. The third-order valence-corrected chi connectivity index (χ3v) is 2.24. The fraction of sp³-hybridized carbons (Fsp3) is 0.167. The minimum atomic E-state index is 0.800. The monoisotopic (exact) mass is 215 g/mol. The van der Waals surface area contributed by atoms with Crippen molar-refractivity contribution in [3.05, 3.63) is 42.5 Å². The van der Waals surface area contributed by atoms with Gasteiger partial charge in [-0.25, -0.2) is 4.98 Å². The van der Waals surface area contributed by atoms with E-state index in [1.807, 2.05) is 42.1 Å². The Labute approximate surface area is 94.2 Å². The molecule has 0 atom stereocenters. The summed E-state index contributed by atoms with van der Waals surface area (Å²) in [6.45, 7) is 0. The highest BCUT2D eigenvalue weighted by Gasteiger charge is 1.95. The predicted molar refractivity (Wildman–Crippen MR) is 63.5 cm³/mol. The van der Waals surface area contributed by atoms with Gasteiger partial charge in [-0.1, -0.05) is 6.07 Å². The molecule has 0 unspecified atom stereocenters. The van der Waals surface area contributed by atoms with Gasteiger partial charge in [-0.05, 0) is 12.1 Å². The molecule has 0 amide bonds. The molecule has 4 nitrogen and oxygen atoms in total. The van der Waals surface area contributed by atoms with Crippen LogP contribution in [-0.4, -0.2) is 22.9 Å². The summed E-state index contributed by atoms with van der Waals surface area (Å²) in [5.74, 6) is 1.62. The molecule has 0 radical (unpaired) electrons. The zero-order valence-corrected chi connectivity index (χ0v) is 9.29. The van der Waals surface area contributed by atoms with Crippen molar-refractivity contribution in [2.45, 2.75) is 0 Å². The maximum Gasteiger partial charge on any atom is 0.150 e. The van der Waals surface area contributed by atoms with Crippen LogP contribution >= 0.6 is 0 Å². The number of nitrogens with zero attached hydrogens (tertiary/aromatic N) is 3. The predicted octanol–water partition coefficient (Wildman–Crippen LogP) is 2.18. The lowest BCUT2D eigenvalue weighted by molar-refractivity contribution is 0.415. The van der Waals surface area contributed by atoms with Gasteiger partial charge >= 0.3 is 0 Å². The maximum absolute atomic E-state index is 5.12. The van der Waals surface area contributed by atoms with Crippen LogP contribution in [0.5, 0.6) is 5.75 Å². The molecule has 0 aliphatic heterocycles. The van der Waals surface area contributed by atoms with Crippen LogP contribution in [-0.2, 0) is 7.05 Å². The molecule has 0 bridgehead atoms. The SMILES string of the molecule is COc1cccc(N=Cc2nccn2C)c1. The Balaban J connectivity index is 2.20. The fourth-order valence-electron chi connectivity index (χ4n) is 1.32. The Kier molecular flexibility index (Phi) is 3.00. The van der Waals surface area contributed by atoms with Crippen LogP contribution in [0.25, 0.3) is 0 Å². The second-order valence-corrected chi connectivity index (χ2v) is 3.36. The lowest BCUT2D eigenvalue weighted by Gasteiger charge is -1.99. The van der Waals surface area contributed by atoms with Gasteiger partial charge in [0.05, 0.1) is 19.0 Å². The van der Waals surface area contributed by atoms with Crippen molar-refractivity contribution in [2.24, 2.45) is 12.0 Å². The molecule has 82 valence electrons. The third-order valence-electron chi connectivity index (χ3n) is 2.24. The Hall–Kier alpha value is -2.10. The van der Waals surface area contributed by atoms with Gasteiger partial charge in [0, 0.05) is 25.5 Å². The summed E-state index contributed by atoms with van der Waals surface area (Å²) < 4.78 is 7.03. The Morgan fingerprint density at radius 2 is 2.31 bits per heavy atom.